The molecule has 132 valence electrons. The number of nitrogens with one attached hydrogen (secondary N) is 1. The molecule has 0 atom stereocenters. The molecule has 2 N–H and O–H groups in total. The van der Waals surface area contributed by atoms with Gasteiger partial charge in [-0.05, 0) is 41.8 Å². The summed E-state index contributed by atoms with van der Waals surface area (Å²) in [5.41, 5.74) is 2.11. The number of esters is 1. The summed E-state index contributed by atoms with van der Waals surface area (Å²) in [7, 11) is 1.61. The Morgan fingerprint density at radius 1 is 1.00 bits per heavy atom. The van der Waals surface area contributed by atoms with E-state index in [0.717, 1.165) is 11.3 Å². The molecule has 0 spiro atoms. The quantitative estimate of drug-likeness (QED) is 0.713. The van der Waals surface area contributed by atoms with Crippen LogP contribution < -0.4 is 10.1 Å². The van der Waals surface area contributed by atoms with Crippen LogP contribution in [-0.2, 0) is 22.6 Å². The van der Waals surface area contributed by atoms with Crippen molar-refractivity contribution >= 4 is 11.9 Å². The fraction of sp³-hybridized carbons (Fsp3) is 0.263. The first-order chi connectivity index (χ1) is 12.1. The molecule has 2 rings (SSSR count). The standard InChI is InChI=1S/C19H21NO5/c1-24-17-8-4-14(5-9-17)10-11-20-18(22)13-25-19(23)16-6-2-15(12-21)3-7-16/h2-9,21H,10-13H2,1H3,(H,20,22). The fourth-order valence-corrected chi connectivity index (χ4v) is 2.15. The monoisotopic (exact) mass is 343 g/mol. The zero-order valence-corrected chi connectivity index (χ0v) is 14.0. The van der Waals surface area contributed by atoms with Crippen molar-refractivity contribution in [2.45, 2.75) is 13.0 Å². The van der Waals surface area contributed by atoms with Gasteiger partial charge in [0.25, 0.3) is 5.91 Å². The first kappa shape index (κ1) is 18.5. The van der Waals surface area contributed by atoms with Gasteiger partial charge >= 0.3 is 5.97 Å². The maximum Gasteiger partial charge on any atom is 0.338 e. The Morgan fingerprint density at radius 2 is 1.64 bits per heavy atom. The summed E-state index contributed by atoms with van der Waals surface area (Å²) < 4.78 is 10.1. The van der Waals surface area contributed by atoms with Crippen molar-refractivity contribution in [2.24, 2.45) is 0 Å². The second kappa shape index (κ2) is 9.44. The predicted molar refractivity (Wildman–Crippen MR) is 92.4 cm³/mol. The summed E-state index contributed by atoms with van der Waals surface area (Å²) in [4.78, 5) is 23.6. The lowest BCUT2D eigenvalue weighted by Gasteiger charge is -2.07. The minimum absolute atomic E-state index is 0.0913. The molecule has 25 heavy (non-hydrogen) atoms. The van der Waals surface area contributed by atoms with E-state index in [1.54, 1.807) is 31.4 Å². The Morgan fingerprint density at radius 3 is 2.24 bits per heavy atom. The number of aliphatic hydroxyl groups is 1. The number of aliphatic hydroxyl groups excluding tert-OH is 1. The van der Waals surface area contributed by atoms with Crippen molar-refractivity contribution in [3.63, 3.8) is 0 Å². The largest absolute Gasteiger partial charge is 0.497 e. The van der Waals surface area contributed by atoms with Crippen molar-refractivity contribution in [3.8, 4) is 5.75 Å². The minimum atomic E-state index is -0.574. The van der Waals surface area contributed by atoms with Crippen LogP contribution in [0.4, 0.5) is 0 Å². The number of amides is 1. The van der Waals surface area contributed by atoms with Crippen LogP contribution in [0.15, 0.2) is 48.5 Å². The van der Waals surface area contributed by atoms with E-state index in [-0.39, 0.29) is 19.1 Å². The van der Waals surface area contributed by atoms with Gasteiger partial charge < -0.3 is 19.9 Å². The van der Waals surface area contributed by atoms with E-state index < -0.39 is 5.97 Å². The molecule has 2 aromatic rings. The van der Waals surface area contributed by atoms with Gasteiger partial charge in [-0.2, -0.15) is 0 Å². The van der Waals surface area contributed by atoms with Crippen LogP contribution in [0.5, 0.6) is 5.75 Å². The highest BCUT2D eigenvalue weighted by atomic mass is 16.5. The molecule has 0 saturated carbocycles. The molecule has 0 bridgehead atoms. The maximum atomic E-state index is 11.8. The Labute approximate surface area is 146 Å². The number of benzene rings is 2. The first-order valence-corrected chi connectivity index (χ1v) is 7.89. The molecule has 0 aliphatic heterocycles. The summed E-state index contributed by atoms with van der Waals surface area (Å²) in [6, 6.07) is 14.0. The molecule has 0 saturated heterocycles. The molecule has 2 aromatic carbocycles. The van der Waals surface area contributed by atoms with Crippen molar-refractivity contribution in [2.75, 3.05) is 20.3 Å². The molecule has 0 fully saturated rings. The van der Waals surface area contributed by atoms with Crippen LogP contribution in [0.3, 0.4) is 0 Å². The summed E-state index contributed by atoms with van der Waals surface area (Å²) in [5.74, 6) is -0.143. The number of methoxy groups -OCH3 is 1. The van der Waals surface area contributed by atoms with Crippen molar-refractivity contribution in [3.05, 3.63) is 65.2 Å². The number of carbonyl (C=O) groups is 2. The zero-order chi connectivity index (χ0) is 18.1. The van der Waals surface area contributed by atoms with E-state index in [0.29, 0.717) is 24.1 Å². The number of carbonyl (C=O) groups excluding carboxylic acids is 2. The Balaban J connectivity index is 1.69. The highest BCUT2D eigenvalue weighted by Crippen LogP contribution is 2.11. The third-order valence-corrected chi connectivity index (χ3v) is 3.60. The number of ether oxygens (including phenoxy) is 2. The van der Waals surface area contributed by atoms with Gasteiger partial charge in [-0.1, -0.05) is 24.3 Å². The van der Waals surface area contributed by atoms with E-state index >= 15 is 0 Å². The van der Waals surface area contributed by atoms with Gasteiger partial charge in [-0.25, -0.2) is 4.79 Å². The van der Waals surface area contributed by atoms with Crippen molar-refractivity contribution < 1.29 is 24.2 Å². The Kier molecular flexibility index (Phi) is 6.98. The third-order valence-electron chi connectivity index (χ3n) is 3.60. The second-order valence-corrected chi connectivity index (χ2v) is 5.38. The van der Waals surface area contributed by atoms with Gasteiger partial charge in [0.15, 0.2) is 6.61 Å². The average Bonchev–Trinajstić information content (AvgIpc) is 2.66. The van der Waals surface area contributed by atoms with Gasteiger partial charge in [-0.3, -0.25) is 4.79 Å². The molecule has 0 aliphatic rings. The fourth-order valence-electron chi connectivity index (χ4n) is 2.15. The molecule has 6 nitrogen and oxygen atoms in total. The molecule has 0 heterocycles. The van der Waals surface area contributed by atoms with Crippen LogP contribution in [0, 0.1) is 0 Å². The lowest BCUT2D eigenvalue weighted by molar-refractivity contribution is -0.124. The number of hydrogen-bond donors (Lipinski definition) is 2. The number of rotatable bonds is 8. The minimum Gasteiger partial charge on any atom is -0.497 e. The maximum absolute atomic E-state index is 11.8. The molecule has 0 unspecified atom stereocenters. The lowest BCUT2D eigenvalue weighted by Crippen LogP contribution is -2.30. The van der Waals surface area contributed by atoms with Crippen LogP contribution in [0.25, 0.3) is 0 Å². The second-order valence-electron chi connectivity index (χ2n) is 5.38. The Hall–Kier alpha value is -2.86. The van der Waals surface area contributed by atoms with E-state index in [4.69, 9.17) is 14.6 Å². The van der Waals surface area contributed by atoms with Gasteiger partial charge in [0.1, 0.15) is 5.75 Å². The molecule has 6 heteroatoms. The van der Waals surface area contributed by atoms with Gasteiger partial charge in [0.2, 0.25) is 0 Å². The van der Waals surface area contributed by atoms with E-state index in [2.05, 4.69) is 5.32 Å². The predicted octanol–water partition coefficient (Wildman–Crippen LogP) is 1.70. The highest BCUT2D eigenvalue weighted by Gasteiger charge is 2.10. The molecular weight excluding hydrogens is 322 g/mol. The van der Waals surface area contributed by atoms with Crippen molar-refractivity contribution in [1.29, 1.82) is 0 Å². The zero-order valence-electron chi connectivity index (χ0n) is 14.0. The van der Waals surface area contributed by atoms with E-state index in [1.807, 2.05) is 24.3 Å². The molecule has 0 aliphatic carbocycles. The summed E-state index contributed by atoms with van der Waals surface area (Å²) in [6.07, 6.45) is 0.673. The highest BCUT2D eigenvalue weighted by molar-refractivity contribution is 5.91. The van der Waals surface area contributed by atoms with E-state index in [1.165, 1.54) is 0 Å². The Bertz CT molecular complexity index is 695. The van der Waals surface area contributed by atoms with Crippen LogP contribution >= 0.6 is 0 Å². The van der Waals surface area contributed by atoms with Crippen LogP contribution in [0.2, 0.25) is 0 Å². The number of hydrogen-bond acceptors (Lipinski definition) is 5. The summed E-state index contributed by atoms with van der Waals surface area (Å²) in [5, 5.41) is 11.7. The molecule has 0 radical (unpaired) electrons. The van der Waals surface area contributed by atoms with Crippen LogP contribution in [0.1, 0.15) is 21.5 Å². The third kappa shape index (κ3) is 5.93. The topological polar surface area (TPSA) is 84.9 Å². The normalized spacial score (nSPS) is 10.2. The molecule has 1 amide bonds. The van der Waals surface area contributed by atoms with Crippen molar-refractivity contribution in [1.82, 2.24) is 5.32 Å². The summed E-state index contributed by atoms with van der Waals surface area (Å²) in [6.45, 7) is 0.0308. The van der Waals surface area contributed by atoms with E-state index in [9.17, 15) is 9.59 Å². The van der Waals surface area contributed by atoms with Gasteiger partial charge in [-0.15, -0.1) is 0 Å². The first-order valence-electron chi connectivity index (χ1n) is 7.89. The SMILES string of the molecule is COc1ccc(CCNC(=O)COC(=O)c2ccc(CO)cc2)cc1. The molecular formula is C19H21NO5. The molecule has 0 aromatic heterocycles. The van der Waals surface area contributed by atoms with Gasteiger partial charge in [0.05, 0.1) is 19.3 Å². The van der Waals surface area contributed by atoms with Gasteiger partial charge in [0, 0.05) is 6.54 Å². The van der Waals surface area contributed by atoms with Crippen LogP contribution in [-0.4, -0.2) is 37.2 Å². The lowest BCUT2D eigenvalue weighted by atomic mass is 10.1. The smallest absolute Gasteiger partial charge is 0.338 e. The summed E-state index contributed by atoms with van der Waals surface area (Å²) >= 11 is 0. The average molecular weight is 343 g/mol.